The minimum atomic E-state index is 0.642. The minimum Gasteiger partial charge on any atom is -0.493 e. The van der Waals surface area contributed by atoms with Gasteiger partial charge in [0.15, 0.2) is 0 Å². The number of ether oxygens (including phenoxy) is 1. The number of likely N-dealkylation sites (N-methyl/N-ethyl adjacent to an activating group) is 1. The average Bonchev–Trinajstić information content (AvgIpc) is 2.16. The summed E-state index contributed by atoms with van der Waals surface area (Å²) in [6.45, 7) is 2.97. The van der Waals surface area contributed by atoms with Crippen molar-refractivity contribution in [3.05, 3.63) is 23.3 Å². The van der Waals surface area contributed by atoms with E-state index in [1.54, 1.807) is 0 Å². The summed E-state index contributed by atoms with van der Waals surface area (Å²) in [6.07, 6.45) is 1.13. The first-order valence-electron chi connectivity index (χ1n) is 5.47. The van der Waals surface area contributed by atoms with Gasteiger partial charge in [0.25, 0.3) is 0 Å². The van der Waals surface area contributed by atoms with Gasteiger partial charge < -0.3 is 15.4 Å². The lowest BCUT2D eigenvalue weighted by atomic mass is 9.85. The fraction of sp³-hybridized carbons (Fsp3) is 0.500. The van der Waals surface area contributed by atoms with Crippen molar-refractivity contribution in [1.29, 1.82) is 0 Å². The molecule has 0 saturated carbocycles. The van der Waals surface area contributed by atoms with Crippen molar-refractivity contribution in [3.8, 4) is 5.75 Å². The second kappa shape index (κ2) is 3.14. The first kappa shape index (κ1) is 9.04. The largest absolute Gasteiger partial charge is 0.493 e. The standard InChI is InChI=1S/C12H16N2O/c1-14-6-8-2-3-15-11-5-10(13)4-9(7-14)12(8)11/h4-5,8H,2-3,6-7,13H2,1H3. The van der Waals surface area contributed by atoms with Crippen molar-refractivity contribution >= 4 is 5.69 Å². The quantitative estimate of drug-likeness (QED) is 0.652. The van der Waals surface area contributed by atoms with Crippen LogP contribution in [0.5, 0.6) is 5.75 Å². The Morgan fingerprint density at radius 1 is 1.47 bits per heavy atom. The second-order valence-corrected chi connectivity index (χ2v) is 4.62. The van der Waals surface area contributed by atoms with Crippen LogP contribution < -0.4 is 10.5 Å². The molecule has 0 fully saturated rings. The molecule has 80 valence electrons. The molecule has 2 aliphatic heterocycles. The molecule has 2 aliphatic rings. The van der Waals surface area contributed by atoms with Gasteiger partial charge in [-0.25, -0.2) is 0 Å². The van der Waals surface area contributed by atoms with E-state index in [1.165, 1.54) is 11.1 Å². The van der Waals surface area contributed by atoms with Crippen LogP contribution in [-0.2, 0) is 6.54 Å². The topological polar surface area (TPSA) is 38.5 Å². The predicted octanol–water partition coefficient (Wildman–Crippen LogP) is 1.58. The van der Waals surface area contributed by atoms with Gasteiger partial charge in [0.2, 0.25) is 0 Å². The van der Waals surface area contributed by atoms with E-state index in [0.29, 0.717) is 5.92 Å². The monoisotopic (exact) mass is 204 g/mol. The smallest absolute Gasteiger partial charge is 0.125 e. The molecule has 1 unspecified atom stereocenters. The van der Waals surface area contributed by atoms with Crippen LogP contribution in [-0.4, -0.2) is 25.1 Å². The number of anilines is 1. The van der Waals surface area contributed by atoms with E-state index < -0.39 is 0 Å². The lowest BCUT2D eigenvalue weighted by Crippen LogP contribution is -2.33. The molecule has 2 N–H and O–H groups in total. The van der Waals surface area contributed by atoms with Crippen LogP contribution in [0.4, 0.5) is 5.69 Å². The Morgan fingerprint density at radius 2 is 2.33 bits per heavy atom. The molecule has 1 aromatic carbocycles. The van der Waals surface area contributed by atoms with Gasteiger partial charge in [0, 0.05) is 36.3 Å². The molecule has 1 aromatic rings. The molecule has 3 heteroatoms. The van der Waals surface area contributed by atoms with Crippen molar-refractivity contribution in [2.75, 3.05) is 25.9 Å². The molecule has 3 rings (SSSR count). The Hall–Kier alpha value is -1.22. The molecule has 0 aliphatic carbocycles. The summed E-state index contributed by atoms with van der Waals surface area (Å²) in [5.74, 6) is 1.66. The lowest BCUT2D eigenvalue weighted by molar-refractivity contribution is 0.210. The molecule has 3 nitrogen and oxygen atoms in total. The van der Waals surface area contributed by atoms with E-state index in [2.05, 4.69) is 18.0 Å². The number of nitrogens with two attached hydrogens (primary N) is 1. The maximum atomic E-state index is 5.87. The van der Waals surface area contributed by atoms with E-state index in [-0.39, 0.29) is 0 Å². The molecule has 0 bridgehead atoms. The first-order valence-corrected chi connectivity index (χ1v) is 5.47. The number of nitrogens with zero attached hydrogens (tertiary/aromatic N) is 1. The molecule has 0 spiro atoms. The van der Waals surface area contributed by atoms with Gasteiger partial charge in [-0.05, 0) is 25.1 Å². The highest BCUT2D eigenvalue weighted by atomic mass is 16.5. The summed E-state index contributed by atoms with van der Waals surface area (Å²) in [5.41, 5.74) is 9.45. The van der Waals surface area contributed by atoms with E-state index in [9.17, 15) is 0 Å². The third kappa shape index (κ3) is 1.38. The van der Waals surface area contributed by atoms with Crippen LogP contribution in [0.1, 0.15) is 23.5 Å². The zero-order valence-corrected chi connectivity index (χ0v) is 8.99. The van der Waals surface area contributed by atoms with Crippen LogP contribution in [0.15, 0.2) is 12.1 Å². The predicted molar refractivity (Wildman–Crippen MR) is 60.0 cm³/mol. The van der Waals surface area contributed by atoms with Crippen LogP contribution in [0.3, 0.4) is 0 Å². The number of nitrogen functional groups attached to an aromatic ring is 1. The molecule has 0 amide bonds. The maximum Gasteiger partial charge on any atom is 0.125 e. The maximum absolute atomic E-state index is 5.87. The number of benzene rings is 1. The molecular formula is C12H16N2O. The fourth-order valence-electron chi connectivity index (χ4n) is 2.79. The summed E-state index contributed by atoms with van der Waals surface area (Å²) in [4.78, 5) is 2.36. The number of rotatable bonds is 0. The van der Waals surface area contributed by atoms with Gasteiger partial charge >= 0.3 is 0 Å². The summed E-state index contributed by atoms with van der Waals surface area (Å²) >= 11 is 0. The summed E-state index contributed by atoms with van der Waals surface area (Å²) < 4.78 is 5.69. The van der Waals surface area contributed by atoms with Crippen molar-refractivity contribution < 1.29 is 4.74 Å². The first-order chi connectivity index (χ1) is 7.24. The molecule has 0 saturated heterocycles. The highest BCUT2D eigenvalue weighted by molar-refractivity contribution is 5.56. The number of hydrogen-bond acceptors (Lipinski definition) is 3. The Kier molecular flexibility index (Phi) is 1.89. The Balaban J connectivity index is 2.16. The van der Waals surface area contributed by atoms with Crippen molar-refractivity contribution in [3.63, 3.8) is 0 Å². The SMILES string of the molecule is CN1Cc2cc(N)cc3c2C(CCO3)C1. The summed E-state index contributed by atoms with van der Waals surface area (Å²) in [5, 5.41) is 0. The Bertz CT molecular complexity index is 403. The van der Waals surface area contributed by atoms with E-state index in [4.69, 9.17) is 10.5 Å². The lowest BCUT2D eigenvalue weighted by Gasteiger charge is -2.36. The molecule has 2 heterocycles. The van der Waals surface area contributed by atoms with Gasteiger partial charge in [-0.15, -0.1) is 0 Å². The Morgan fingerprint density at radius 3 is 3.20 bits per heavy atom. The van der Waals surface area contributed by atoms with Crippen molar-refractivity contribution in [2.45, 2.75) is 18.9 Å². The normalized spacial score (nSPS) is 24.5. The highest BCUT2D eigenvalue weighted by Crippen LogP contribution is 2.41. The average molecular weight is 204 g/mol. The molecule has 1 atom stereocenters. The van der Waals surface area contributed by atoms with E-state index >= 15 is 0 Å². The van der Waals surface area contributed by atoms with Crippen LogP contribution in [0, 0.1) is 0 Å². The van der Waals surface area contributed by atoms with Gasteiger partial charge in [0.1, 0.15) is 5.75 Å². The van der Waals surface area contributed by atoms with Gasteiger partial charge in [-0.3, -0.25) is 0 Å². The third-order valence-electron chi connectivity index (χ3n) is 3.35. The number of hydrogen-bond donors (Lipinski definition) is 1. The zero-order chi connectivity index (χ0) is 10.4. The van der Waals surface area contributed by atoms with E-state index in [1.807, 2.05) is 6.07 Å². The molecule has 0 radical (unpaired) electrons. The van der Waals surface area contributed by atoms with Crippen LogP contribution in [0.25, 0.3) is 0 Å². The summed E-state index contributed by atoms with van der Waals surface area (Å²) in [6, 6.07) is 4.06. The third-order valence-corrected chi connectivity index (χ3v) is 3.35. The summed E-state index contributed by atoms with van der Waals surface area (Å²) in [7, 11) is 2.17. The Labute approximate surface area is 89.8 Å². The van der Waals surface area contributed by atoms with E-state index in [0.717, 1.165) is 37.6 Å². The van der Waals surface area contributed by atoms with Crippen LogP contribution in [0.2, 0.25) is 0 Å². The molecular weight excluding hydrogens is 188 g/mol. The van der Waals surface area contributed by atoms with Crippen molar-refractivity contribution in [2.24, 2.45) is 0 Å². The fourth-order valence-corrected chi connectivity index (χ4v) is 2.79. The minimum absolute atomic E-state index is 0.642. The molecule has 0 aromatic heterocycles. The molecule has 15 heavy (non-hydrogen) atoms. The van der Waals surface area contributed by atoms with Crippen LogP contribution >= 0.6 is 0 Å². The zero-order valence-electron chi connectivity index (χ0n) is 8.99. The highest BCUT2D eigenvalue weighted by Gasteiger charge is 2.29. The van der Waals surface area contributed by atoms with Gasteiger partial charge in [-0.2, -0.15) is 0 Å². The van der Waals surface area contributed by atoms with Gasteiger partial charge in [0.05, 0.1) is 6.61 Å². The second-order valence-electron chi connectivity index (χ2n) is 4.62. The van der Waals surface area contributed by atoms with Crippen molar-refractivity contribution in [1.82, 2.24) is 4.90 Å². The van der Waals surface area contributed by atoms with Gasteiger partial charge in [-0.1, -0.05) is 0 Å².